The molecule has 3 amide bonds. The van der Waals surface area contributed by atoms with E-state index >= 15 is 0 Å². The first-order valence-corrected chi connectivity index (χ1v) is 16.9. The molecular formula is C37H37N5O5S. The van der Waals surface area contributed by atoms with Crippen LogP contribution in [0.2, 0.25) is 0 Å². The number of nitrogens with one attached hydrogen (secondary N) is 3. The van der Waals surface area contributed by atoms with Crippen molar-refractivity contribution in [3.63, 3.8) is 0 Å². The number of amides is 3. The minimum atomic E-state index is -0.257. The quantitative estimate of drug-likeness (QED) is 0.141. The van der Waals surface area contributed by atoms with Crippen LogP contribution in [0.25, 0.3) is 10.1 Å². The molecule has 0 bridgehead atoms. The van der Waals surface area contributed by atoms with E-state index in [0.29, 0.717) is 47.1 Å². The summed E-state index contributed by atoms with van der Waals surface area (Å²) in [5, 5.41) is 10.4. The van der Waals surface area contributed by atoms with Crippen molar-refractivity contribution in [2.45, 2.75) is 38.6 Å². The Kier molecular flexibility index (Phi) is 8.53. The zero-order chi connectivity index (χ0) is 33.4. The molecular weight excluding hydrogens is 627 g/mol. The summed E-state index contributed by atoms with van der Waals surface area (Å²) in [6, 6.07) is 21.3. The molecule has 0 spiro atoms. The summed E-state index contributed by atoms with van der Waals surface area (Å²) in [6.07, 6.45) is 4.17. The molecule has 0 unspecified atom stereocenters. The van der Waals surface area contributed by atoms with Crippen molar-refractivity contribution >= 4 is 61.9 Å². The molecule has 2 aliphatic heterocycles. The first-order valence-electron chi connectivity index (χ1n) is 16.1. The standard InChI is InChI=1S/C37H37N5O5S/c1-4-27-16-23-14-24(11-12-34(23)48-27)40-36(44)31-17-25(21-41(31)2)39-35(43)10-7-13-47-33-19-29-28(18-32(33)46-3)37(45)42-26(20-38-29)15-22-8-5-6-9-30(22)42/h5-6,8-9,11-12,14,16-19,21,26,38H,4,7,10,13,15,20H2,1-3H3,(H,39,43)(H,40,44)/t26-/m0/s1. The molecule has 0 aliphatic carbocycles. The number of hydrogen-bond donors (Lipinski definition) is 3. The molecule has 4 heterocycles. The lowest BCUT2D eigenvalue weighted by molar-refractivity contribution is -0.116. The van der Waals surface area contributed by atoms with Crippen LogP contribution in [0.3, 0.4) is 0 Å². The monoisotopic (exact) mass is 663 g/mol. The van der Waals surface area contributed by atoms with Crippen molar-refractivity contribution in [3.8, 4) is 11.5 Å². The summed E-state index contributed by atoms with van der Waals surface area (Å²) >= 11 is 1.76. The van der Waals surface area contributed by atoms with E-state index in [1.165, 1.54) is 15.1 Å². The van der Waals surface area contributed by atoms with E-state index in [2.05, 4.69) is 35.0 Å². The third kappa shape index (κ3) is 6.09. The van der Waals surface area contributed by atoms with Gasteiger partial charge in [0.25, 0.3) is 11.8 Å². The number of carbonyl (C=O) groups is 3. The van der Waals surface area contributed by atoms with Gasteiger partial charge in [0.1, 0.15) is 5.69 Å². The van der Waals surface area contributed by atoms with E-state index in [-0.39, 0.29) is 36.8 Å². The molecule has 0 saturated heterocycles. The van der Waals surface area contributed by atoms with Crippen molar-refractivity contribution < 1.29 is 23.9 Å². The fourth-order valence-electron chi connectivity index (χ4n) is 6.45. The second-order valence-corrected chi connectivity index (χ2v) is 13.3. The van der Waals surface area contributed by atoms with Gasteiger partial charge in [-0.2, -0.15) is 0 Å². The fraction of sp³-hybridized carbons (Fsp3) is 0.270. The second-order valence-electron chi connectivity index (χ2n) is 12.1. The first kappa shape index (κ1) is 31.3. The van der Waals surface area contributed by atoms with Crippen molar-refractivity contribution in [1.82, 2.24) is 4.57 Å². The summed E-state index contributed by atoms with van der Waals surface area (Å²) in [4.78, 5) is 42.7. The normalized spacial score (nSPS) is 14.9. The summed E-state index contributed by atoms with van der Waals surface area (Å²) < 4.78 is 14.5. The number of aromatic nitrogens is 1. The topological polar surface area (TPSA) is 114 Å². The molecule has 48 heavy (non-hydrogen) atoms. The lowest BCUT2D eigenvalue weighted by Crippen LogP contribution is -2.39. The Morgan fingerprint density at radius 1 is 1.02 bits per heavy atom. The largest absolute Gasteiger partial charge is 0.493 e. The van der Waals surface area contributed by atoms with E-state index in [4.69, 9.17) is 9.47 Å². The molecule has 3 aromatic carbocycles. The maximum atomic E-state index is 13.7. The summed E-state index contributed by atoms with van der Waals surface area (Å²) in [7, 11) is 3.32. The van der Waals surface area contributed by atoms with Gasteiger partial charge in [-0.3, -0.25) is 14.4 Å². The number of para-hydroxylation sites is 1. The Morgan fingerprint density at radius 2 is 1.88 bits per heavy atom. The van der Waals surface area contributed by atoms with Gasteiger partial charge in [0, 0.05) is 53.2 Å². The Labute approximate surface area is 282 Å². The number of hydrogen-bond acceptors (Lipinski definition) is 7. The Morgan fingerprint density at radius 3 is 2.71 bits per heavy atom. The van der Waals surface area contributed by atoms with Crippen LogP contribution in [0.15, 0.2) is 72.9 Å². The number of thiophene rings is 1. The zero-order valence-electron chi connectivity index (χ0n) is 27.1. The van der Waals surface area contributed by atoms with E-state index in [1.807, 2.05) is 41.3 Å². The summed E-state index contributed by atoms with van der Waals surface area (Å²) in [5.41, 5.74) is 5.04. The van der Waals surface area contributed by atoms with Crippen LogP contribution >= 0.6 is 11.3 Å². The third-order valence-corrected chi connectivity index (χ3v) is 10.1. The number of ether oxygens (including phenoxy) is 2. The van der Waals surface area contributed by atoms with Crippen LogP contribution < -0.4 is 30.3 Å². The molecule has 5 aromatic rings. The number of anilines is 4. The first-order chi connectivity index (χ1) is 23.3. The lowest BCUT2D eigenvalue weighted by atomic mass is 10.1. The van der Waals surface area contributed by atoms with Gasteiger partial charge in [0.2, 0.25) is 5.91 Å². The minimum Gasteiger partial charge on any atom is -0.493 e. The zero-order valence-corrected chi connectivity index (χ0v) is 27.9. The van der Waals surface area contributed by atoms with Crippen molar-refractivity contribution in [2.75, 3.05) is 41.1 Å². The molecule has 7 rings (SSSR count). The molecule has 2 aromatic heterocycles. The number of aryl methyl sites for hydroxylation is 2. The predicted molar refractivity (Wildman–Crippen MR) is 190 cm³/mol. The average molecular weight is 664 g/mol. The van der Waals surface area contributed by atoms with E-state index in [9.17, 15) is 14.4 Å². The van der Waals surface area contributed by atoms with Gasteiger partial charge in [-0.25, -0.2) is 0 Å². The fourth-order valence-corrected chi connectivity index (χ4v) is 7.44. The number of nitrogens with zero attached hydrogens (tertiary/aromatic N) is 2. The van der Waals surface area contributed by atoms with Crippen molar-refractivity contribution in [2.24, 2.45) is 7.05 Å². The number of rotatable bonds is 10. The van der Waals surface area contributed by atoms with Crippen LogP contribution in [-0.2, 0) is 24.7 Å². The van der Waals surface area contributed by atoms with Gasteiger partial charge in [-0.1, -0.05) is 25.1 Å². The number of methoxy groups -OCH3 is 1. The minimum absolute atomic E-state index is 0.0294. The maximum absolute atomic E-state index is 13.7. The van der Waals surface area contributed by atoms with E-state index < -0.39 is 0 Å². The van der Waals surface area contributed by atoms with Gasteiger partial charge < -0.3 is 34.9 Å². The highest BCUT2D eigenvalue weighted by Gasteiger charge is 2.37. The SMILES string of the molecule is CCc1cc2cc(NC(=O)c3cc(NC(=O)CCCOc4cc5c(cc4OC)C(=O)N4c6ccccc6C[C@H]4CN5)cn3C)ccc2s1. The van der Waals surface area contributed by atoms with Gasteiger partial charge >= 0.3 is 0 Å². The van der Waals surface area contributed by atoms with Gasteiger partial charge in [-0.15, -0.1) is 11.3 Å². The lowest BCUT2D eigenvalue weighted by Gasteiger charge is -2.22. The molecule has 2 aliphatic rings. The Hall–Kier alpha value is -5.29. The maximum Gasteiger partial charge on any atom is 0.272 e. The van der Waals surface area contributed by atoms with E-state index in [0.717, 1.165) is 29.6 Å². The van der Waals surface area contributed by atoms with Gasteiger partial charge in [0.15, 0.2) is 11.5 Å². The van der Waals surface area contributed by atoms with Crippen molar-refractivity contribution in [3.05, 3.63) is 94.6 Å². The summed E-state index contributed by atoms with van der Waals surface area (Å²) in [5.74, 6) is 0.441. The number of fused-ring (bicyclic) bond motifs is 5. The van der Waals surface area contributed by atoms with Crippen molar-refractivity contribution in [1.29, 1.82) is 0 Å². The molecule has 10 nitrogen and oxygen atoms in total. The van der Waals surface area contributed by atoms with Crippen LogP contribution in [0.4, 0.5) is 22.7 Å². The van der Waals surface area contributed by atoms with Crippen LogP contribution in [0.5, 0.6) is 11.5 Å². The molecule has 1 atom stereocenters. The van der Waals surface area contributed by atoms with Crippen LogP contribution in [0.1, 0.15) is 51.1 Å². The van der Waals surface area contributed by atoms with E-state index in [1.54, 1.807) is 54.5 Å². The highest BCUT2D eigenvalue weighted by atomic mass is 32.1. The van der Waals surface area contributed by atoms with Crippen LogP contribution in [-0.4, -0.2) is 48.6 Å². The number of carbonyl (C=O) groups excluding carboxylic acids is 3. The second kappa shape index (κ2) is 13.1. The number of benzene rings is 3. The molecule has 0 radical (unpaired) electrons. The van der Waals surface area contributed by atoms with Gasteiger partial charge in [0.05, 0.1) is 36.7 Å². The Bertz CT molecular complexity index is 2050. The third-order valence-electron chi connectivity index (χ3n) is 8.85. The molecule has 3 N–H and O–H groups in total. The highest BCUT2D eigenvalue weighted by Crippen LogP contribution is 2.40. The Balaban J connectivity index is 0.935. The molecule has 246 valence electrons. The highest BCUT2D eigenvalue weighted by molar-refractivity contribution is 7.19. The predicted octanol–water partition coefficient (Wildman–Crippen LogP) is 6.86. The molecule has 0 saturated carbocycles. The molecule has 0 fully saturated rings. The average Bonchev–Trinajstić information content (AvgIpc) is 3.76. The smallest absolute Gasteiger partial charge is 0.272 e. The molecule has 11 heteroatoms. The summed E-state index contributed by atoms with van der Waals surface area (Å²) in [6.45, 7) is 3.02. The van der Waals surface area contributed by atoms with Gasteiger partial charge in [-0.05, 0) is 72.7 Å². The van der Waals surface area contributed by atoms with Crippen LogP contribution in [0, 0.1) is 0 Å².